The second-order valence-corrected chi connectivity index (χ2v) is 5.75. The first-order valence-corrected chi connectivity index (χ1v) is 8.47. The van der Waals surface area contributed by atoms with Gasteiger partial charge < -0.3 is 30.2 Å². The second-order valence-electron chi connectivity index (χ2n) is 5.34. The molecule has 0 aliphatic heterocycles. The number of imidazole rings is 1. The highest BCUT2D eigenvalue weighted by atomic mass is 35.5. The fraction of sp³-hybridized carbons (Fsp3) is 0.294. The number of halogens is 1. The van der Waals surface area contributed by atoms with Crippen molar-refractivity contribution in [3.05, 3.63) is 41.9 Å². The molecule has 10 nitrogen and oxygen atoms in total. The van der Waals surface area contributed by atoms with E-state index in [0.717, 1.165) is 19.5 Å². The maximum absolute atomic E-state index is 11.8. The molecule has 1 aromatic heterocycles. The molecule has 11 heteroatoms. The number of carbonyl (C=O) groups excluding carboxylic acids is 1. The van der Waals surface area contributed by atoms with Crippen molar-refractivity contribution in [1.29, 1.82) is 0 Å². The van der Waals surface area contributed by atoms with Crippen LogP contribution in [0.5, 0.6) is 5.75 Å². The molecule has 0 saturated heterocycles. The van der Waals surface area contributed by atoms with Crippen LogP contribution in [0.1, 0.15) is 6.42 Å². The molecule has 0 radical (unpaired) electrons. The average Bonchev–Trinajstić information content (AvgIpc) is 3.15. The minimum absolute atomic E-state index is 0.108. The number of aryl methyl sites for hydroxylation is 1. The predicted molar refractivity (Wildman–Crippen MR) is 102 cm³/mol. The normalized spacial score (nSPS) is 9.79. The molecule has 2 aromatic rings. The number of rotatable bonds is 8. The monoisotopic (exact) mass is 412 g/mol. The molecule has 0 saturated carbocycles. The molecule has 0 aliphatic carbocycles. The van der Waals surface area contributed by atoms with Crippen LogP contribution in [-0.2, 0) is 20.9 Å². The Hall–Kier alpha value is -3.11. The lowest BCUT2D eigenvalue weighted by Crippen LogP contribution is -2.29. The van der Waals surface area contributed by atoms with Crippen molar-refractivity contribution in [3.63, 3.8) is 0 Å². The van der Waals surface area contributed by atoms with Crippen molar-refractivity contribution in [3.8, 4) is 5.75 Å². The summed E-state index contributed by atoms with van der Waals surface area (Å²) in [5, 5.41) is 21.1. The minimum Gasteiger partial charge on any atom is -0.495 e. The fourth-order valence-corrected chi connectivity index (χ4v) is 2.21. The Labute approximate surface area is 166 Å². The van der Waals surface area contributed by atoms with Crippen molar-refractivity contribution in [2.24, 2.45) is 0 Å². The van der Waals surface area contributed by atoms with E-state index in [1.807, 2.05) is 10.8 Å². The van der Waals surface area contributed by atoms with Crippen molar-refractivity contribution in [2.75, 3.05) is 25.5 Å². The molecule has 0 spiro atoms. The van der Waals surface area contributed by atoms with Gasteiger partial charge in [0.05, 0.1) is 25.0 Å². The smallest absolute Gasteiger partial charge is 0.414 e. The van der Waals surface area contributed by atoms with Gasteiger partial charge in [0.15, 0.2) is 0 Å². The molecular weight excluding hydrogens is 392 g/mol. The first kappa shape index (κ1) is 22.9. The van der Waals surface area contributed by atoms with Crippen molar-refractivity contribution in [1.82, 2.24) is 14.9 Å². The highest BCUT2D eigenvalue weighted by Crippen LogP contribution is 2.27. The number of nitrogens with zero attached hydrogens (tertiary/aromatic N) is 2. The third-order valence-corrected chi connectivity index (χ3v) is 3.53. The van der Waals surface area contributed by atoms with E-state index in [4.69, 9.17) is 36.1 Å². The minimum atomic E-state index is -1.82. The first-order valence-electron chi connectivity index (χ1n) is 8.09. The van der Waals surface area contributed by atoms with Crippen molar-refractivity contribution in [2.45, 2.75) is 13.0 Å². The number of ether oxygens (including phenoxy) is 1. The molecule has 1 aromatic carbocycles. The Bertz CT molecular complexity index is 770. The van der Waals surface area contributed by atoms with Crippen LogP contribution in [0, 0.1) is 0 Å². The molecule has 2 rings (SSSR count). The van der Waals surface area contributed by atoms with Crippen LogP contribution in [0.15, 0.2) is 36.9 Å². The van der Waals surface area contributed by atoms with E-state index >= 15 is 0 Å². The summed E-state index contributed by atoms with van der Waals surface area (Å²) < 4.78 is 7.07. The number of amides is 1. The summed E-state index contributed by atoms with van der Waals surface area (Å²) in [5.41, 5.74) is 0.649. The second kappa shape index (κ2) is 12.3. The van der Waals surface area contributed by atoms with Gasteiger partial charge in [0.25, 0.3) is 0 Å². The van der Waals surface area contributed by atoms with Gasteiger partial charge in [0.2, 0.25) is 5.91 Å². The third kappa shape index (κ3) is 9.01. The van der Waals surface area contributed by atoms with Crippen LogP contribution >= 0.6 is 11.6 Å². The standard InChI is InChI=1S/C15H19ClN4O2.C2H2O4/c1-22-14-4-3-12(9-13(14)16)19-15(21)10-17-5-2-7-20-8-6-18-11-20;3-1(4)2(5)6/h3-4,6,8-9,11,17H,2,5,7,10H2,1H3,(H,19,21);(H,3,4)(H,5,6). The molecule has 0 aliphatic rings. The first-order chi connectivity index (χ1) is 13.3. The lowest BCUT2D eigenvalue weighted by atomic mass is 10.3. The Morgan fingerprint density at radius 1 is 1.25 bits per heavy atom. The largest absolute Gasteiger partial charge is 0.495 e. The summed E-state index contributed by atoms with van der Waals surface area (Å²) in [4.78, 5) is 34.0. The zero-order chi connectivity index (χ0) is 20.9. The summed E-state index contributed by atoms with van der Waals surface area (Å²) in [6.45, 7) is 1.89. The summed E-state index contributed by atoms with van der Waals surface area (Å²) in [5.74, 6) is -3.17. The van der Waals surface area contributed by atoms with Gasteiger partial charge in [-0.1, -0.05) is 11.6 Å². The van der Waals surface area contributed by atoms with Gasteiger partial charge in [-0.3, -0.25) is 4.79 Å². The molecule has 28 heavy (non-hydrogen) atoms. The lowest BCUT2D eigenvalue weighted by molar-refractivity contribution is -0.159. The highest BCUT2D eigenvalue weighted by molar-refractivity contribution is 6.32. The van der Waals surface area contributed by atoms with Crippen LogP contribution in [0.25, 0.3) is 0 Å². The number of nitrogens with one attached hydrogen (secondary N) is 2. The number of aromatic nitrogens is 2. The molecule has 0 unspecified atom stereocenters. The SMILES string of the molecule is COc1ccc(NC(=O)CNCCCn2ccnc2)cc1Cl.O=C(O)C(=O)O. The Kier molecular flexibility index (Phi) is 10.1. The van der Waals surface area contributed by atoms with Gasteiger partial charge >= 0.3 is 11.9 Å². The zero-order valence-corrected chi connectivity index (χ0v) is 15.8. The fourth-order valence-electron chi connectivity index (χ4n) is 1.96. The molecule has 1 amide bonds. The number of hydrogen-bond donors (Lipinski definition) is 4. The van der Waals surface area contributed by atoms with Crippen LogP contribution in [0.3, 0.4) is 0 Å². The Balaban J connectivity index is 0.000000568. The maximum atomic E-state index is 11.8. The summed E-state index contributed by atoms with van der Waals surface area (Å²) >= 11 is 6.01. The molecule has 4 N–H and O–H groups in total. The van der Waals surface area contributed by atoms with Crippen LogP contribution in [0.2, 0.25) is 5.02 Å². The number of aliphatic carboxylic acids is 2. The van der Waals surface area contributed by atoms with E-state index in [0.29, 0.717) is 16.5 Å². The number of carbonyl (C=O) groups is 3. The van der Waals surface area contributed by atoms with E-state index < -0.39 is 11.9 Å². The number of methoxy groups -OCH3 is 1. The van der Waals surface area contributed by atoms with E-state index in [2.05, 4.69) is 15.6 Å². The quantitative estimate of drug-likeness (QED) is 0.375. The van der Waals surface area contributed by atoms with Gasteiger partial charge in [-0.05, 0) is 31.2 Å². The Morgan fingerprint density at radius 3 is 2.50 bits per heavy atom. The van der Waals surface area contributed by atoms with Gasteiger partial charge in [-0.15, -0.1) is 0 Å². The number of hydrogen-bond acceptors (Lipinski definition) is 6. The number of carboxylic acid groups (broad SMARTS) is 2. The molecule has 152 valence electrons. The van der Waals surface area contributed by atoms with E-state index in [9.17, 15) is 4.79 Å². The van der Waals surface area contributed by atoms with Crippen molar-refractivity contribution < 1.29 is 29.3 Å². The van der Waals surface area contributed by atoms with Gasteiger partial charge in [0, 0.05) is 24.6 Å². The predicted octanol–water partition coefficient (Wildman–Crippen LogP) is 1.32. The molecular formula is C17H21ClN4O6. The molecule has 0 bridgehead atoms. The van der Waals surface area contributed by atoms with Gasteiger partial charge in [-0.25, -0.2) is 14.6 Å². The molecule has 0 atom stereocenters. The molecule has 0 fully saturated rings. The Morgan fingerprint density at radius 2 is 1.96 bits per heavy atom. The number of anilines is 1. The van der Waals surface area contributed by atoms with E-state index in [-0.39, 0.29) is 12.5 Å². The summed E-state index contributed by atoms with van der Waals surface area (Å²) in [7, 11) is 1.55. The van der Waals surface area contributed by atoms with Gasteiger partial charge in [0.1, 0.15) is 5.75 Å². The van der Waals surface area contributed by atoms with Gasteiger partial charge in [-0.2, -0.15) is 0 Å². The van der Waals surface area contributed by atoms with Crippen molar-refractivity contribution >= 4 is 35.1 Å². The van der Waals surface area contributed by atoms with Crippen LogP contribution in [-0.4, -0.2) is 57.8 Å². The topological polar surface area (TPSA) is 143 Å². The summed E-state index contributed by atoms with van der Waals surface area (Å²) in [6, 6.07) is 5.13. The number of benzene rings is 1. The van der Waals surface area contributed by atoms with E-state index in [1.54, 1.807) is 37.8 Å². The number of carboxylic acids is 2. The third-order valence-electron chi connectivity index (χ3n) is 3.23. The maximum Gasteiger partial charge on any atom is 0.414 e. The van der Waals surface area contributed by atoms with E-state index in [1.165, 1.54) is 0 Å². The lowest BCUT2D eigenvalue weighted by Gasteiger charge is -2.09. The zero-order valence-electron chi connectivity index (χ0n) is 15.1. The van der Waals surface area contributed by atoms with Crippen LogP contribution in [0.4, 0.5) is 5.69 Å². The molecule has 1 heterocycles. The highest BCUT2D eigenvalue weighted by Gasteiger charge is 2.05. The average molecular weight is 413 g/mol. The summed E-state index contributed by atoms with van der Waals surface area (Å²) in [6.07, 6.45) is 6.37. The van der Waals surface area contributed by atoms with Crippen LogP contribution < -0.4 is 15.4 Å².